The van der Waals surface area contributed by atoms with Crippen LogP contribution in [-0.2, 0) is 27.8 Å². The molecule has 0 saturated heterocycles. The Hall–Kier alpha value is -1.74. The maximum absolute atomic E-state index is 10.3. The smallest absolute Gasteiger partial charge is 0.463 e. The normalized spacial score (nSPS) is 10.3. The standard InChI is InChI=1S/C4H5ClO7.C4H5ClO6/c6-3(7)1-2-4(8)12-5(9,10)11;6-3(7)1-2-4(8)11-5(9)10/h1-2H2,(H,6,7);1-2H2,(H,6,7). The van der Waals surface area contributed by atoms with Gasteiger partial charge in [-0.15, -0.1) is 0 Å². The molecule has 0 aliphatic carbocycles. The predicted octanol–water partition coefficient (Wildman–Crippen LogP) is -6.23. The van der Waals surface area contributed by atoms with Gasteiger partial charge in [-0.1, -0.05) is 4.29 Å². The summed E-state index contributed by atoms with van der Waals surface area (Å²) in [5.74, 6) is -4.94. The first-order valence-corrected chi connectivity index (χ1v) is 7.33. The molecule has 0 unspecified atom stereocenters. The van der Waals surface area contributed by atoms with Gasteiger partial charge in [0, 0.05) is 0 Å². The summed E-state index contributed by atoms with van der Waals surface area (Å²) in [5, 5.41) is 16.1. The van der Waals surface area contributed by atoms with Crippen LogP contribution in [0, 0.1) is 21.0 Å². The number of carboxylic acids is 2. The zero-order valence-electron chi connectivity index (χ0n) is 11.0. The lowest BCUT2D eigenvalue weighted by Crippen LogP contribution is -2.61. The van der Waals surface area contributed by atoms with Crippen molar-refractivity contribution < 1.29 is 82.3 Å². The molecule has 0 aliphatic rings. The molecule has 0 aromatic rings. The summed E-state index contributed by atoms with van der Waals surface area (Å²) in [4.78, 5) is 40.2. The van der Waals surface area contributed by atoms with E-state index in [1.807, 2.05) is 0 Å². The van der Waals surface area contributed by atoms with E-state index in [9.17, 15) is 42.5 Å². The lowest BCUT2D eigenvalue weighted by Gasteiger charge is -2.10. The summed E-state index contributed by atoms with van der Waals surface area (Å²) in [6.45, 7) is 0. The number of halogens is 2. The maximum Gasteiger partial charge on any atom is 0.463 e. The van der Waals surface area contributed by atoms with Gasteiger partial charge in [-0.05, 0) is 4.29 Å². The molecule has 0 atom stereocenters. The van der Waals surface area contributed by atoms with E-state index in [2.05, 4.69) is 8.58 Å². The summed E-state index contributed by atoms with van der Waals surface area (Å²) in [7, 11) is -7.40. The van der Waals surface area contributed by atoms with Crippen molar-refractivity contribution in [2.24, 2.45) is 0 Å². The number of rotatable bonds is 8. The minimum absolute atomic E-state index is 0.440. The number of carbonyl (C=O) groups is 4. The van der Waals surface area contributed by atoms with Crippen molar-refractivity contribution in [3.8, 4) is 0 Å². The highest BCUT2D eigenvalue weighted by Crippen LogP contribution is 1.97. The van der Waals surface area contributed by atoms with Crippen LogP contribution in [0.15, 0.2) is 0 Å². The van der Waals surface area contributed by atoms with Gasteiger partial charge in [-0.3, -0.25) is 9.59 Å². The first-order valence-electron chi connectivity index (χ1n) is 5.17. The number of hydrogen-bond acceptors (Lipinski definition) is 11. The van der Waals surface area contributed by atoms with Crippen LogP contribution in [0.4, 0.5) is 0 Å². The summed E-state index contributed by atoms with van der Waals surface area (Å²) in [6.07, 6.45) is -2.12. The van der Waals surface area contributed by atoms with Crippen molar-refractivity contribution in [1.82, 2.24) is 0 Å². The summed E-state index contributed by atoms with van der Waals surface area (Å²) >= 11 is 0. The zero-order chi connectivity index (χ0) is 18.6. The fraction of sp³-hybridized carbons (Fsp3) is 0.500. The van der Waals surface area contributed by atoms with Crippen LogP contribution in [-0.4, -0.2) is 34.1 Å². The Morgan fingerprint density at radius 1 is 0.826 bits per heavy atom. The van der Waals surface area contributed by atoms with E-state index in [4.69, 9.17) is 10.2 Å². The van der Waals surface area contributed by atoms with E-state index in [0.717, 1.165) is 0 Å². The Bertz CT molecular complexity index is 415. The van der Waals surface area contributed by atoms with Crippen LogP contribution < -0.4 is 23.3 Å². The van der Waals surface area contributed by atoms with Gasteiger partial charge < -0.3 is 19.5 Å². The fourth-order valence-corrected chi connectivity index (χ4v) is 1.18. The largest absolute Gasteiger partial charge is 0.481 e. The second-order valence-corrected chi connectivity index (χ2v) is 4.70. The van der Waals surface area contributed by atoms with Crippen LogP contribution in [0.25, 0.3) is 0 Å². The number of carbonyl (C=O) groups excluding carboxylic acids is 2. The molecule has 0 bridgehead atoms. The molecule has 0 amide bonds. The van der Waals surface area contributed by atoms with Gasteiger partial charge in [0.25, 0.3) is 0 Å². The molecule has 0 aromatic heterocycles. The van der Waals surface area contributed by atoms with Gasteiger partial charge in [0.1, 0.15) is 10.2 Å². The highest BCUT2D eigenvalue weighted by Gasteiger charge is 2.25. The van der Waals surface area contributed by atoms with E-state index in [0.29, 0.717) is 0 Å². The molecule has 13 nitrogen and oxygen atoms in total. The zero-order valence-corrected chi connectivity index (χ0v) is 12.5. The molecule has 0 saturated carbocycles. The van der Waals surface area contributed by atoms with Crippen LogP contribution >= 0.6 is 0 Å². The molecule has 0 heterocycles. The van der Waals surface area contributed by atoms with Crippen LogP contribution in [0.2, 0.25) is 0 Å². The van der Waals surface area contributed by atoms with Gasteiger partial charge in [0.15, 0.2) is 0 Å². The van der Waals surface area contributed by atoms with Crippen molar-refractivity contribution in [3.63, 3.8) is 0 Å². The first kappa shape index (κ1) is 23.5. The van der Waals surface area contributed by atoms with E-state index in [-0.39, 0.29) is 0 Å². The van der Waals surface area contributed by atoms with E-state index in [1.54, 1.807) is 0 Å². The van der Waals surface area contributed by atoms with Crippen molar-refractivity contribution in [2.75, 3.05) is 0 Å². The monoisotopic (exact) mass is 384 g/mol. The number of carboxylic acid groups (broad SMARTS) is 2. The highest BCUT2D eigenvalue weighted by atomic mass is 35.7. The molecule has 134 valence electrons. The SMILES string of the molecule is O=C(O)CCC(=O)O[Cl+2]([O-])[O-].O=C(O)CCC(=O)O[Cl+3]([O-])([O-])[O-]. The lowest BCUT2D eigenvalue weighted by molar-refractivity contribution is -1.92. The Labute approximate surface area is 132 Å². The Kier molecular flexibility index (Phi) is 12.0. The van der Waals surface area contributed by atoms with Gasteiger partial charge in [0.2, 0.25) is 0 Å². The van der Waals surface area contributed by atoms with Crippen LogP contribution in [0.5, 0.6) is 0 Å². The van der Waals surface area contributed by atoms with Gasteiger partial charge in [-0.2, -0.15) is 14.0 Å². The molecule has 15 heteroatoms. The van der Waals surface area contributed by atoms with E-state index >= 15 is 0 Å². The van der Waals surface area contributed by atoms with Crippen molar-refractivity contribution in [1.29, 1.82) is 0 Å². The summed E-state index contributed by atoms with van der Waals surface area (Å²) < 4.78 is 55.2. The first-order chi connectivity index (χ1) is 10.3. The Balaban J connectivity index is 0. The van der Waals surface area contributed by atoms with Crippen LogP contribution in [0.3, 0.4) is 0 Å². The number of hydrogen-bond donors (Lipinski definition) is 2. The second-order valence-electron chi connectivity index (χ2n) is 3.25. The van der Waals surface area contributed by atoms with Crippen LogP contribution in [0.1, 0.15) is 25.7 Å². The molecule has 0 rings (SSSR count). The number of aliphatic carboxylic acids is 2. The Morgan fingerprint density at radius 3 is 1.52 bits per heavy atom. The molecule has 2 N–H and O–H groups in total. The third kappa shape index (κ3) is 22.7. The minimum atomic E-state index is -4.80. The minimum Gasteiger partial charge on any atom is -0.481 e. The predicted molar refractivity (Wildman–Crippen MR) is 45.9 cm³/mol. The van der Waals surface area contributed by atoms with Crippen molar-refractivity contribution >= 4 is 23.9 Å². The average Bonchev–Trinajstić information content (AvgIpc) is 2.32. The molecule has 0 aromatic carbocycles. The summed E-state index contributed by atoms with van der Waals surface area (Å²) in [5.41, 5.74) is 0. The van der Waals surface area contributed by atoms with Crippen molar-refractivity contribution in [3.05, 3.63) is 0 Å². The Morgan fingerprint density at radius 2 is 1.22 bits per heavy atom. The topological polar surface area (TPSA) is 242 Å². The van der Waals surface area contributed by atoms with E-state index in [1.165, 1.54) is 0 Å². The molecule has 0 radical (unpaired) electrons. The van der Waals surface area contributed by atoms with E-state index < -0.39 is 70.6 Å². The fourth-order valence-electron chi connectivity index (χ4n) is 0.671. The lowest BCUT2D eigenvalue weighted by atomic mass is 10.3. The molecule has 0 fully saturated rings. The molecule has 0 aliphatic heterocycles. The average molecular weight is 385 g/mol. The molecule has 23 heavy (non-hydrogen) atoms. The quantitative estimate of drug-likeness (QED) is 0.395. The van der Waals surface area contributed by atoms with Gasteiger partial charge in [0.05, 0.1) is 25.7 Å². The second kappa shape index (κ2) is 11.8. The van der Waals surface area contributed by atoms with Gasteiger partial charge in [-0.25, -0.2) is 9.59 Å². The summed E-state index contributed by atoms with van der Waals surface area (Å²) in [6, 6.07) is 0. The van der Waals surface area contributed by atoms with Gasteiger partial charge >= 0.3 is 34.7 Å². The maximum atomic E-state index is 10.3. The van der Waals surface area contributed by atoms with Crippen molar-refractivity contribution in [2.45, 2.75) is 25.7 Å². The molecule has 0 spiro atoms. The molecular formula is C8H10Cl2O13. The third-order valence-corrected chi connectivity index (χ3v) is 2.07. The molecular weight excluding hydrogens is 375 g/mol. The third-order valence-electron chi connectivity index (χ3n) is 1.42. The highest BCUT2D eigenvalue weighted by molar-refractivity contribution is 5.76.